The van der Waals surface area contributed by atoms with E-state index >= 15 is 0 Å². The lowest BCUT2D eigenvalue weighted by atomic mass is 9.87. The fourth-order valence-corrected chi connectivity index (χ4v) is 3.04. The molecule has 1 unspecified atom stereocenters. The number of carbonyl (C=O) groups excluding carboxylic acids is 1. The average molecular weight is 307 g/mol. The Balaban J connectivity index is 1.78. The van der Waals surface area contributed by atoms with Gasteiger partial charge >= 0.3 is 0 Å². The van der Waals surface area contributed by atoms with Crippen LogP contribution in [0.5, 0.6) is 0 Å². The Bertz CT molecular complexity index is 593. The van der Waals surface area contributed by atoms with Crippen molar-refractivity contribution in [3.05, 3.63) is 34.7 Å². The predicted molar refractivity (Wildman–Crippen MR) is 77.6 cm³/mol. The van der Waals surface area contributed by atoms with Gasteiger partial charge in [-0.15, -0.1) is 5.10 Å². The van der Waals surface area contributed by atoms with Gasteiger partial charge < -0.3 is 14.8 Å². The van der Waals surface area contributed by atoms with Gasteiger partial charge in [-0.3, -0.25) is 4.79 Å². The topological polar surface area (TPSA) is 73.3 Å². The number of hydrogen-bond donors (Lipinski definition) is 1. The first-order valence-electron chi connectivity index (χ1n) is 6.79. The summed E-state index contributed by atoms with van der Waals surface area (Å²) in [4.78, 5) is 12.5. The molecule has 1 saturated carbocycles. The molecule has 1 fully saturated rings. The highest BCUT2D eigenvalue weighted by atomic mass is 32.1. The molecule has 6 nitrogen and oxygen atoms in total. The average Bonchev–Trinajstić information content (AvgIpc) is 3.23. The van der Waals surface area contributed by atoms with E-state index in [2.05, 4.69) is 14.9 Å². The van der Waals surface area contributed by atoms with Crippen LogP contribution in [-0.4, -0.2) is 35.3 Å². The van der Waals surface area contributed by atoms with Crippen LogP contribution in [0.4, 0.5) is 0 Å². The van der Waals surface area contributed by atoms with Crippen LogP contribution in [0, 0.1) is 5.92 Å². The van der Waals surface area contributed by atoms with Crippen LogP contribution in [0.15, 0.2) is 29.8 Å². The van der Waals surface area contributed by atoms with Gasteiger partial charge in [-0.05, 0) is 42.4 Å². The third-order valence-corrected chi connectivity index (χ3v) is 4.66. The number of carbonyl (C=O) groups is 1. The Kier molecular flexibility index (Phi) is 3.77. The Labute approximate surface area is 127 Å². The van der Waals surface area contributed by atoms with Crippen LogP contribution in [0.1, 0.15) is 28.9 Å². The summed E-state index contributed by atoms with van der Waals surface area (Å²) in [5.41, 5.74) is 0.371. The summed E-state index contributed by atoms with van der Waals surface area (Å²) in [6, 6.07) is 0. The minimum Gasteiger partial charge on any atom is -0.499 e. The van der Waals surface area contributed by atoms with Crippen molar-refractivity contribution in [1.82, 2.24) is 14.9 Å². The van der Waals surface area contributed by atoms with Crippen molar-refractivity contribution in [2.75, 3.05) is 14.2 Å². The molecule has 1 N–H and O–H groups in total. The first-order chi connectivity index (χ1) is 10.2. The predicted octanol–water partition coefficient (Wildman–Crippen LogP) is 1.88. The molecule has 2 aliphatic rings. The lowest BCUT2D eigenvalue weighted by Crippen LogP contribution is -2.36. The van der Waals surface area contributed by atoms with E-state index in [1.54, 1.807) is 14.2 Å². The van der Waals surface area contributed by atoms with Gasteiger partial charge in [-0.2, -0.15) is 0 Å². The molecule has 1 aromatic rings. The van der Waals surface area contributed by atoms with Crippen LogP contribution in [0.25, 0.3) is 0 Å². The molecule has 112 valence electrons. The van der Waals surface area contributed by atoms with Crippen molar-refractivity contribution in [3.8, 4) is 0 Å². The molecule has 21 heavy (non-hydrogen) atoms. The van der Waals surface area contributed by atoms with Gasteiger partial charge in [0.15, 0.2) is 0 Å². The van der Waals surface area contributed by atoms with Gasteiger partial charge in [0.05, 0.1) is 24.6 Å². The summed E-state index contributed by atoms with van der Waals surface area (Å²) in [5.74, 6) is 1.04. The van der Waals surface area contributed by atoms with Gasteiger partial charge in [0.1, 0.15) is 10.6 Å². The maximum absolute atomic E-state index is 12.1. The Morgan fingerprint density at radius 3 is 2.86 bits per heavy atom. The zero-order valence-corrected chi connectivity index (χ0v) is 12.8. The minimum absolute atomic E-state index is 0.226. The van der Waals surface area contributed by atoms with Crippen molar-refractivity contribution in [2.45, 2.75) is 24.9 Å². The summed E-state index contributed by atoms with van der Waals surface area (Å²) in [6.45, 7) is 0. The quantitative estimate of drug-likeness (QED) is 0.899. The molecule has 0 aliphatic heterocycles. The Hall–Kier alpha value is -1.73. The normalized spacial score (nSPS) is 25.0. The van der Waals surface area contributed by atoms with Crippen molar-refractivity contribution < 1.29 is 14.3 Å². The Morgan fingerprint density at radius 1 is 1.48 bits per heavy atom. The van der Waals surface area contributed by atoms with Crippen LogP contribution in [0.2, 0.25) is 0 Å². The molecular weight excluding hydrogens is 290 g/mol. The Morgan fingerprint density at radius 2 is 2.29 bits per heavy atom. The first-order valence-corrected chi connectivity index (χ1v) is 7.56. The number of hydrogen-bond acceptors (Lipinski definition) is 6. The molecule has 0 radical (unpaired) electrons. The SMILES string of the molecule is COC1=C(NC(=O)c2cnns2)C=CC(OC)(C2CC2)C1. The monoisotopic (exact) mass is 307 g/mol. The highest BCUT2D eigenvalue weighted by Gasteiger charge is 2.46. The van der Waals surface area contributed by atoms with Gasteiger partial charge in [0, 0.05) is 13.5 Å². The van der Waals surface area contributed by atoms with E-state index < -0.39 is 0 Å². The number of amides is 1. The number of nitrogens with zero attached hydrogens (tertiary/aromatic N) is 2. The van der Waals surface area contributed by atoms with Crippen molar-refractivity contribution >= 4 is 17.4 Å². The lowest BCUT2D eigenvalue weighted by molar-refractivity contribution is 0.000761. The maximum Gasteiger partial charge on any atom is 0.269 e. The fraction of sp³-hybridized carbons (Fsp3) is 0.500. The van der Waals surface area contributed by atoms with Crippen molar-refractivity contribution in [2.24, 2.45) is 5.92 Å². The van der Waals surface area contributed by atoms with E-state index in [-0.39, 0.29) is 11.5 Å². The van der Waals surface area contributed by atoms with E-state index in [4.69, 9.17) is 9.47 Å². The van der Waals surface area contributed by atoms with Gasteiger partial charge in [-0.25, -0.2) is 0 Å². The number of allylic oxidation sites excluding steroid dienone is 1. The summed E-state index contributed by atoms with van der Waals surface area (Å²) in [7, 11) is 3.34. The number of ether oxygens (including phenoxy) is 2. The van der Waals surface area contributed by atoms with E-state index in [1.807, 2.05) is 12.2 Å². The second-order valence-electron chi connectivity index (χ2n) is 5.22. The lowest BCUT2D eigenvalue weighted by Gasteiger charge is -2.33. The standard InChI is InChI=1S/C14H17N3O3S/c1-19-11-7-14(20-2,9-3-4-9)6-5-10(11)16-13(18)12-8-15-17-21-12/h5-6,8-9H,3-4,7H2,1-2H3,(H,16,18). The highest BCUT2D eigenvalue weighted by molar-refractivity contribution is 7.07. The third-order valence-electron chi connectivity index (χ3n) is 4.00. The summed E-state index contributed by atoms with van der Waals surface area (Å²) < 4.78 is 14.9. The molecule has 7 heteroatoms. The number of rotatable bonds is 5. The molecule has 1 heterocycles. The van der Waals surface area contributed by atoms with Crippen LogP contribution < -0.4 is 5.32 Å². The van der Waals surface area contributed by atoms with Crippen LogP contribution in [-0.2, 0) is 9.47 Å². The minimum atomic E-state index is -0.300. The number of methoxy groups -OCH3 is 2. The zero-order chi connectivity index (χ0) is 14.9. The van der Waals surface area contributed by atoms with Crippen LogP contribution >= 0.6 is 11.5 Å². The van der Waals surface area contributed by atoms with Crippen molar-refractivity contribution in [3.63, 3.8) is 0 Å². The molecule has 1 aromatic heterocycles. The second kappa shape index (κ2) is 5.57. The molecule has 0 saturated heterocycles. The zero-order valence-electron chi connectivity index (χ0n) is 12.0. The highest BCUT2D eigenvalue weighted by Crippen LogP contribution is 2.47. The summed E-state index contributed by atoms with van der Waals surface area (Å²) in [6.07, 6.45) is 8.33. The van der Waals surface area contributed by atoms with Gasteiger partial charge in [0.25, 0.3) is 5.91 Å². The second-order valence-corrected chi connectivity index (χ2v) is 6.01. The molecule has 2 aliphatic carbocycles. The number of nitrogens with one attached hydrogen (secondary N) is 1. The molecular formula is C14H17N3O3S. The summed E-state index contributed by atoms with van der Waals surface area (Å²) >= 11 is 1.06. The van der Waals surface area contributed by atoms with E-state index in [0.717, 1.165) is 17.3 Å². The van der Waals surface area contributed by atoms with Gasteiger partial charge in [-0.1, -0.05) is 4.49 Å². The third kappa shape index (κ3) is 2.71. The molecule has 0 bridgehead atoms. The molecule has 0 spiro atoms. The molecule has 1 amide bonds. The van der Waals surface area contributed by atoms with Crippen LogP contribution in [0.3, 0.4) is 0 Å². The van der Waals surface area contributed by atoms with Crippen molar-refractivity contribution in [1.29, 1.82) is 0 Å². The first kappa shape index (κ1) is 14.2. The maximum atomic E-state index is 12.1. The molecule has 3 rings (SSSR count). The van der Waals surface area contributed by atoms with E-state index in [9.17, 15) is 4.79 Å². The fourth-order valence-electron chi connectivity index (χ4n) is 2.63. The van der Waals surface area contributed by atoms with E-state index in [1.165, 1.54) is 19.0 Å². The molecule has 1 atom stereocenters. The molecule has 0 aromatic carbocycles. The smallest absolute Gasteiger partial charge is 0.269 e. The van der Waals surface area contributed by atoms with E-state index in [0.29, 0.717) is 22.9 Å². The number of aromatic nitrogens is 2. The van der Waals surface area contributed by atoms with Gasteiger partial charge in [0.2, 0.25) is 0 Å². The summed E-state index contributed by atoms with van der Waals surface area (Å²) in [5, 5.41) is 6.51. The largest absolute Gasteiger partial charge is 0.499 e.